The molecule has 1 aliphatic rings. The van der Waals surface area contributed by atoms with Crippen LogP contribution in [0.5, 0.6) is 5.75 Å². The highest BCUT2D eigenvalue weighted by molar-refractivity contribution is 6.25. The molecule has 0 unspecified atom stereocenters. The van der Waals surface area contributed by atoms with Gasteiger partial charge < -0.3 is 15.5 Å². The second kappa shape index (κ2) is 4.39. The Morgan fingerprint density at radius 2 is 2.00 bits per heavy atom. The van der Waals surface area contributed by atoms with Gasteiger partial charge in [0.15, 0.2) is 5.78 Å². The van der Waals surface area contributed by atoms with Gasteiger partial charge in [-0.15, -0.1) is 0 Å². The molecule has 5 heteroatoms. The first kappa shape index (κ1) is 11.3. The van der Waals surface area contributed by atoms with Gasteiger partial charge in [0.25, 0.3) is 0 Å². The lowest BCUT2D eigenvalue weighted by molar-refractivity contribution is 0.0975. The fraction of sp³-hybridized carbons (Fsp3) is 0.167. The maximum atomic E-state index is 11.9. The van der Waals surface area contributed by atoms with Crippen molar-refractivity contribution in [3.05, 3.63) is 41.1 Å². The van der Waals surface area contributed by atoms with Gasteiger partial charge in [0.1, 0.15) is 5.75 Å². The van der Waals surface area contributed by atoms with Crippen LogP contribution in [-0.2, 0) is 0 Å². The van der Waals surface area contributed by atoms with E-state index in [1.165, 1.54) is 18.2 Å². The fourth-order valence-corrected chi connectivity index (χ4v) is 1.72. The van der Waals surface area contributed by atoms with Crippen LogP contribution in [0.1, 0.15) is 20.7 Å². The van der Waals surface area contributed by atoms with E-state index in [2.05, 4.69) is 5.32 Å². The summed E-state index contributed by atoms with van der Waals surface area (Å²) in [6, 6.07) is 4.36. The molecule has 1 aromatic carbocycles. The van der Waals surface area contributed by atoms with Gasteiger partial charge in [0.05, 0.1) is 17.9 Å². The number of ketones is 2. The van der Waals surface area contributed by atoms with Crippen molar-refractivity contribution in [1.29, 1.82) is 0 Å². The smallest absolute Gasteiger partial charge is 0.209 e. The summed E-state index contributed by atoms with van der Waals surface area (Å²) in [4.78, 5) is 23.7. The molecule has 0 bridgehead atoms. The lowest BCUT2D eigenvalue weighted by Crippen LogP contribution is -2.28. The number of Topliss-reactive ketones (excluding diaryl/α,β-unsaturated/α-hetero) is 1. The van der Waals surface area contributed by atoms with Gasteiger partial charge in [-0.3, -0.25) is 9.59 Å². The lowest BCUT2D eigenvalue weighted by atomic mass is 9.92. The molecule has 0 spiro atoms. The van der Waals surface area contributed by atoms with E-state index in [1.54, 1.807) is 0 Å². The molecule has 0 heterocycles. The van der Waals surface area contributed by atoms with Crippen molar-refractivity contribution in [2.75, 3.05) is 13.2 Å². The minimum Gasteiger partial charge on any atom is -0.507 e. The molecule has 3 N–H and O–H groups in total. The largest absolute Gasteiger partial charge is 0.507 e. The van der Waals surface area contributed by atoms with Crippen molar-refractivity contribution in [2.45, 2.75) is 0 Å². The lowest BCUT2D eigenvalue weighted by Gasteiger charge is -2.16. The molecule has 17 heavy (non-hydrogen) atoms. The average molecular weight is 233 g/mol. The van der Waals surface area contributed by atoms with Crippen LogP contribution in [0.4, 0.5) is 0 Å². The van der Waals surface area contributed by atoms with Crippen LogP contribution in [0.25, 0.3) is 0 Å². The number of carbonyl (C=O) groups is 2. The Labute approximate surface area is 97.4 Å². The molecule has 0 amide bonds. The summed E-state index contributed by atoms with van der Waals surface area (Å²) in [6.07, 6.45) is 1.14. The highest BCUT2D eigenvalue weighted by Gasteiger charge is 2.27. The van der Waals surface area contributed by atoms with Crippen molar-refractivity contribution in [1.82, 2.24) is 5.32 Å². The van der Waals surface area contributed by atoms with Crippen molar-refractivity contribution >= 4 is 11.6 Å². The molecule has 0 saturated carbocycles. The molecule has 2 rings (SSSR count). The van der Waals surface area contributed by atoms with Crippen molar-refractivity contribution in [2.24, 2.45) is 0 Å². The van der Waals surface area contributed by atoms with Crippen LogP contribution in [-0.4, -0.2) is 34.9 Å². The Morgan fingerprint density at radius 3 is 2.71 bits per heavy atom. The second-order valence-corrected chi connectivity index (χ2v) is 3.60. The number of nitrogens with one attached hydrogen (secondary N) is 1. The van der Waals surface area contributed by atoms with Gasteiger partial charge in [0, 0.05) is 18.2 Å². The Balaban J connectivity index is 2.43. The fourth-order valence-electron chi connectivity index (χ4n) is 1.72. The Morgan fingerprint density at radius 1 is 1.24 bits per heavy atom. The zero-order chi connectivity index (χ0) is 12.4. The van der Waals surface area contributed by atoms with Crippen LogP contribution >= 0.6 is 0 Å². The summed E-state index contributed by atoms with van der Waals surface area (Å²) in [5.41, 5.74) is 0.354. The van der Waals surface area contributed by atoms with E-state index < -0.39 is 5.78 Å². The van der Waals surface area contributed by atoms with Gasteiger partial charge in [-0.05, 0) is 12.1 Å². The zero-order valence-electron chi connectivity index (χ0n) is 8.93. The van der Waals surface area contributed by atoms with Gasteiger partial charge >= 0.3 is 0 Å². The van der Waals surface area contributed by atoms with E-state index in [0.29, 0.717) is 0 Å². The van der Waals surface area contributed by atoms with Crippen LogP contribution in [0.15, 0.2) is 30.0 Å². The number of aliphatic hydroxyl groups is 1. The van der Waals surface area contributed by atoms with E-state index in [4.69, 9.17) is 5.11 Å². The molecule has 0 atom stereocenters. The average Bonchev–Trinajstić information content (AvgIpc) is 2.31. The third kappa shape index (κ3) is 1.92. The standard InChI is InChI=1S/C12H11NO4/c14-5-4-13-8-6-10(16)11-7(12(8)17)2-1-3-9(11)15/h1-3,6,13-15H,4-5H2. The molecule has 88 valence electrons. The first-order chi connectivity index (χ1) is 8.15. The summed E-state index contributed by atoms with van der Waals surface area (Å²) in [6.45, 7) is 0.0602. The minimum absolute atomic E-state index is 0.0343. The summed E-state index contributed by atoms with van der Waals surface area (Å²) in [5.74, 6) is -0.972. The molecule has 1 aliphatic carbocycles. The third-order valence-electron chi connectivity index (χ3n) is 2.48. The summed E-state index contributed by atoms with van der Waals surface area (Å²) in [5, 5.41) is 20.9. The third-order valence-corrected chi connectivity index (χ3v) is 2.48. The number of rotatable bonds is 3. The highest BCUT2D eigenvalue weighted by Crippen LogP contribution is 2.27. The zero-order valence-corrected chi connectivity index (χ0v) is 8.93. The summed E-state index contributed by atoms with van der Waals surface area (Å²) >= 11 is 0. The van der Waals surface area contributed by atoms with E-state index >= 15 is 0 Å². The molecule has 0 fully saturated rings. The Bertz CT molecular complexity index is 519. The SMILES string of the molecule is O=C1C(NCCO)=CC(=O)c2c(O)cccc21. The van der Waals surface area contributed by atoms with Crippen LogP contribution < -0.4 is 5.32 Å². The number of benzene rings is 1. The first-order valence-electron chi connectivity index (χ1n) is 5.12. The van der Waals surface area contributed by atoms with E-state index in [1.807, 2.05) is 0 Å². The van der Waals surface area contributed by atoms with Gasteiger partial charge in [0.2, 0.25) is 5.78 Å². The predicted octanol–water partition coefficient (Wildman–Crippen LogP) is 0.237. The monoisotopic (exact) mass is 233 g/mol. The topological polar surface area (TPSA) is 86.6 Å². The molecule has 0 aliphatic heterocycles. The maximum absolute atomic E-state index is 11.9. The second-order valence-electron chi connectivity index (χ2n) is 3.60. The van der Waals surface area contributed by atoms with Crippen molar-refractivity contribution < 1.29 is 19.8 Å². The molecular weight excluding hydrogens is 222 g/mol. The van der Waals surface area contributed by atoms with Gasteiger partial charge in [-0.1, -0.05) is 6.07 Å². The first-order valence-corrected chi connectivity index (χ1v) is 5.12. The Hall–Kier alpha value is -2.14. The molecule has 0 aromatic heterocycles. The number of fused-ring (bicyclic) bond motifs is 1. The minimum atomic E-state index is -0.418. The quantitative estimate of drug-likeness (QED) is 0.696. The molecule has 5 nitrogen and oxygen atoms in total. The van der Waals surface area contributed by atoms with Crippen molar-refractivity contribution in [3.8, 4) is 5.75 Å². The van der Waals surface area contributed by atoms with E-state index in [-0.39, 0.29) is 41.5 Å². The molecular formula is C12H11NO4. The number of aromatic hydroxyl groups is 1. The number of phenols is 1. The number of phenolic OH excluding ortho intramolecular Hbond substituents is 1. The molecule has 0 saturated heterocycles. The van der Waals surface area contributed by atoms with E-state index in [9.17, 15) is 14.7 Å². The maximum Gasteiger partial charge on any atom is 0.209 e. The molecule has 1 aromatic rings. The van der Waals surface area contributed by atoms with Crippen molar-refractivity contribution in [3.63, 3.8) is 0 Å². The molecule has 0 radical (unpaired) electrons. The van der Waals surface area contributed by atoms with Crippen LogP contribution in [0.2, 0.25) is 0 Å². The number of hydrogen-bond donors (Lipinski definition) is 3. The van der Waals surface area contributed by atoms with Crippen LogP contribution in [0.3, 0.4) is 0 Å². The number of hydrogen-bond acceptors (Lipinski definition) is 5. The Kier molecular flexibility index (Phi) is 2.93. The number of carbonyl (C=O) groups excluding carboxylic acids is 2. The van der Waals surface area contributed by atoms with Crippen LogP contribution in [0, 0.1) is 0 Å². The summed E-state index contributed by atoms with van der Waals surface area (Å²) < 4.78 is 0. The van der Waals surface area contributed by atoms with Gasteiger partial charge in [-0.25, -0.2) is 0 Å². The highest BCUT2D eigenvalue weighted by atomic mass is 16.3. The number of aliphatic hydroxyl groups excluding tert-OH is 1. The predicted molar refractivity (Wildman–Crippen MR) is 59.9 cm³/mol. The summed E-state index contributed by atoms with van der Waals surface area (Å²) in [7, 11) is 0. The van der Waals surface area contributed by atoms with Gasteiger partial charge in [-0.2, -0.15) is 0 Å². The normalized spacial score (nSPS) is 14.3. The van der Waals surface area contributed by atoms with E-state index in [0.717, 1.165) is 6.08 Å². The number of allylic oxidation sites excluding steroid dienone is 2.